The first-order chi connectivity index (χ1) is 10.1. The Morgan fingerprint density at radius 2 is 2.10 bits per heavy atom. The Labute approximate surface area is 128 Å². The number of benzene rings is 1. The lowest BCUT2D eigenvalue weighted by molar-refractivity contribution is 0.544. The molecule has 1 atom stereocenters. The van der Waals surface area contributed by atoms with E-state index in [0.717, 1.165) is 43.7 Å². The minimum Gasteiger partial charge on any atom is -0.366 e. The zero-order valence-electron chi connectivity index (χ0n) is 13.7. The van der Waals surface area contributed by atoms with Crippen molar-refractivity contribution >= 4 is 5.69 Å². The van der Waals surface area contributed by atoms with Crippen LogP contribution in [0.15, 0.2) is 18.2 Å². The van der Waals surface area contributed by atoms with Crippen molar-refractivity contribution in [1.82, 2.24) is 5.32 Å². The van der Waals surface area contributed by atoms with Crippen LogP contribution in [0.3, 0.4) is 0 Å². The number of para-hydroxylation sites is 1. The molecule has 0 radical (unpaired) electrons. The number of nitrogens with zero attached hydrogens (tertiary/aromatic N) is 1. The minimum absolute atomic E-state index is 0.0763. The van der Waals surface area contributed by atoms with Gasteiger partial charge in [0.25, 0.3) is 0 Å². The molecule has 1 N–H and O–H groups in total. The Bertz CT molecular complexity index is 445. The Balaban J connectivity index is 2.19. The van der Waals surface area contributed by atoms with Gasteiger partial charge in [0.15, 0.2) is 0 Å². The predicted octanol–water partition coefficient (Wildman–Crippen LogP) is 4.34. The van der Waals surface area contributed by atoms with E-state index in [1.807, 2.05) is 6.07 Å². The van der Waals surface area contributed by atoms with Crippen molar-refractivity contribution in [3.8, 4) is 0 Å². The van der Waals surface area contributed by atoms with E-state index in [1.165, 1.54) is 12.8 Å². The molecule has 21 heavy (non-hydrogen) atoms. The van der Waals surface area contributed by atoms with Crippen LogP contribution in [0.4, 0.5) is 10.1 Å². The molecule has 2 nitrogen and oxygen atoms in total. The van der Waals surface area contributed by atoms with Crippen LogP contribution in [0, 0.1) is 11.7 Å². The summed E-state index contributed by atoms with van der Waals surface area (Å²) in [7, 11) is 0. The number of anilines is 1. The molecule has 0 spiro atoms. The summed E-state index contributed by atoms with van der Waals surface area (Å²) in [5.41, 5.74) is 1.91. The zero-order chi connectivity index (χ0) is 15.2. The van der Waals surface area contributed by atoms with Gasteiger partial charge in [-0.3, -0.25) is 0 Å². The van der Waals surface area contributed by atoms with Gasteiger partial charge in [0.2, 0.25) is 0 Å². The Kier molecular flexibility index (Phi) is 6.04. The van der Waals surface area contributed by atoms with E-state index in [1.54, 1.807) is 6.07 Å². The largest absolute Gasteiger partial charge is 0.366 e. The first-order valence-corrected chi connectivity index (χ1v) is 8.34. The topological polar surface area (TPSA) is 15.3 Å². The Morgan fingerprint density at radius 1 is 1.29 bits per heavy atom. The van der Waals surface area contributed by atoms with Crippen molar-refractivity contribution in [1.29, 1.82) is 0 Å². The quantitative estimate of drug-likeness (QED) is 0.868. The maximum atomic E-state index is 14.5. The monoisotopic (exact) mass is 292 g/mol. The highest BCUT2D eigenvalue weighted by Gasteiger charge is 2.22. The van der Waals surface area contributed by atoms with Crippen LogP contribution in [0.2, 0.25) is 0 Å². The molecule has 1 aliphatic heterocycles. The Morgan fingerprint density at radius 3 is 2.86 bits per heavy atom. The third-order valence-corrected chi connectivity index (χ3v) is 4.28. The van der Waals surface area contributed by atoms with Gasteiger partial charge >= 0.3 is 0 Å². The van der Waals surface area contributed by atoms with E-state index in [0.29, 0.717) is 12.0 Å². The van der Waals surface area contributed by atoms with E-state index >= 15 is 0 Å². The summed E-state index contributed by atoms with van der Waals surface area (Å²) in [4.78, 5) is 2.29. The van der Waals surface area contributed by atoms with Gasteiger partial charge in [-0.15, -0.1) is 0 Å². The van der Waals surface area contributed by atoms with E-state index in [4.69, 9.17) is 0 Å². The molecule has 0 aromatic heterocycles. The Hall–Kier alpha value is -1.09. The molecule has 1 unspecified atom stereocenters. The van der Waals surface area contributed by atoms with Gasteiger partial charge in [-0.2, -0.15) is 0 Å². The molecule has 1 aliphatic rings. The fourth-order valence-electron chi connectivity index (χ4n) is 3.13. The molecule has 3 heteroatoms. The zero-order valence-corrected chi connectivity index (χ0v) is 13.7. The molecule has 0 bridgehead atoms. The fraction of sp³-hybridized carbons (Fsp3) is 0.667. The summed E-state index contributed by atoms with van der Waals surface area (Å²) < 4.78 is 14.5. The number of hydrogen-bond donors (Lipinski definition) is 1. The first-order valence-electron chi connectivity index (χ1n) is 8.34. The molecule has 1 aromatic rings. The summed E-state index contributed by atoms with van der Waals surface area (Å²) in [5.74, 6) is 0.534. The lowest BCUT2D eigenvalue weighted by Crippen LogP contribution is -2.34. The molecule has 1 aromatic carbocycles. The molecule has 0 saturated carbocycles. The highest BCUT2D eigenvalue weighted by atomic mass is 19.1. The van der Waals surface area contributed by atoms with Gasteiger partial charge in [-0.25, -0.2) is 4.39 Å². The first kappa shape index (κ1) is 16.3. The van der Waals surface area contributed by atoms with E-state index in [2.05, 4.69) is 37.1 Å². The minimum atomic E-state index is -0.0763. The molecular formula is C18H29FN2. The van der Waals surface area contributed by atoms with Crippen molar-refractivity contribution in [3.63, 3.8) is 0 Å². The van der Waals surface area contributed by atoms with Crippen molar-refractivity contribution in [2.24, 2.45) is 5.92 Å². The fourth-order valence-corrected chi connectivity index (χ4v) is 3.13. The third-order valence-electron chi connectivity index (χ3n) is 4.28. The van der Waals surface area contributed by atoms with Crippen LogP contribution in [0.1, 0.15) is 52.0 Å². The second kappa shape index (κ2) is 7.79. The molecule has 2 rings (SSSR count). The molecule has 0 amide bonds. The number of nitrogens with one attached hydrogen (secondary N) is 1. The van der Waals surface area contributed by atoms with Gasteiger partial charge in [-0.1, -0.05) is 38.8 Å². The summed E-state index contributed by atoms with van der Waals surface area (Å²) in [6.45, 7) is 9.29. The molecule has 118 valence electrons. The van der Waals surface area contributed by atoms with Gasteiger partial charge in [0, 0.05) is 19.1 Å². The van der Waals surface area contributed by atoms with Gasteiger partial charge in [0.05, 0.1) is 5.69 Å². The maximum Gasteiger partial charge on any atom is 0.146 e. The smallest absolute Gasteiger partial charge is 0.146 e. The molecule has 1 saturated heterocycles. The van der Waals surface area contributed by atoms with E-state index in [9.17, 15) is 4.39 Å². The van der Waals surface area contributed by atoms with Crippen molar-refractivity contribution in [2.45, 2.75) is 59.0 Å². The van der Waals surface area contributed by atoms with Crippen LogP contribution in [0.25, 0.3) is 0 Å². The summed E-state index contributed by atoms with van der Waals surface area (Å²) in [5, 5.41) is 3.44. The van der Waals surface area contributed by atoms with Crippen LogP contribution in [-0.2, 0) is 6.54 Å². The summed E-state index contributed by atoms with van der Waals surface area (Å²) >= 11 is 0. The number of rotatable bonds is 5. The van der Waals surface area contributed by atoms with Gasteiger partial charge < -0.3 is 10.2 Å². The lowest BCUT2D eigenvalue weighted by Gasteiger charge is -2.32. The highest BCUT2D eigenvalue weighted by molar-refractivity contribution is 5.55. The number of halogens is 1. The lowest BCUT2D eigenvalue weighted by atomic mass is 10.1. The van der Waals surface area contributed by atoms with Gasteiger partial charge in [-0.05, 0) is 43.9 Å². The van der Waals surface area contributed by atoms with Crippen molar-refractivity contribution < 1.29 is 4.39 Å². The summed E-state index contributed by atoms with van der Waals surface area (Å²) in [6.07, 6.45) is 4.84. The van der Waals surface area contributed by atoms with Crippen molar-refractivity contribution in [3.05, 3.63) is 29.6 Å². The van der Waals surface area contributed by atoms with Crippen LogP contribution in [-0.4, -0.2) is 19.1 Å². The normalized spacial score (nSPS) is 19.9. The molecular weight excluding hydrogens is 263 g/mol. The SMILES string of the molecule is CC(C)CNCc1cccc(F)c1N1CCCCCC1C. The molecule has 1 heterocycles. The summed E-state index contributed by atoms with van der Waals surface area (Å²) in [6, 6.07) is 5.91. The van der Waals surface area contributed by atoms with E-state index < -0.39 is 0 Å². The maximum absolute atomic E-state index is 14.5. The number of hydrogen-bond acceptors (Lipinski definition) is 2. The van der Waals surface area contributed by atoms with Crippen molar-refractivity contribution in [2.75, 3.05) is 18.0 Å². The third kappa shape index (κ3) is 4.44. The highest BCUT2D eigenvalue weighted by Crippen LogP contribution is 2.30. The predicted molar refractivity (Wildman–Crippen MR) is 88.2 cm³/mol. The van der Waals surface area contributed by atoms with Crippen LogP contribution < -0.4 is 10.2 Å². The van der Waals surface area contributed by atoms with Gasteiger partial charge in [0.1, 0.15) is 5.82 Å². The van der Waals surface area contributed by atoms with E-state index in [-0.39, 0.29) is 5.82 Å². The average Bonchev–Trinajstić information content (AvgIpc) is 2.64. The molecule has 1 fully saturated rings. The van der Waals surface area contributed by atoms with Crippen LogP contribution in [0.5, 0.6) is 0 Å². The molecule has 0 aliphatic carbocycles. The second-order valence-electron chi connectivity index (χ2n) is 6.66. The van der Waals surface area contributed by atoms with Crippen LogP contribution >= 0.6 is 0 Å². The average molecular weight is 292 g/mol. The standard InChI is InChI=1S/C18H29FN2/c1-14(2)12-20-13-16-9-7-10-17(19)18(16)21-11-6-4-5-8-15(21)3/h7,9-10,14-15,20H,4-6,8,11-13H2,1-3H3. The second-order valence-corrected chi connectivity index (χ2v) is 6.66.